The molecule has 2 unspecified atom stereocenters. The van der Waals surface area contributed by atoms with E-state index in [9.17, 15) is 4.79 Å². The number of hydrogen-bond acceptors (Lipinski definition) is 3. The average molecular weight is 331 g/mol. The summed E-state index contributed by atoms with van der Waals surface area (Å²) in [5.41, 5.74) is 0.598. The maximum absolute atomic E-state index is 12.7. The minimum atomic E-state index is 0. The van der Waals surface area contributed by atoms with Crippen LogP contribution >= 0.6 is 24.0 Å². The third kappa shape index (κ3) is 3.28. The standard InChI is InChI=1S/C15H19ClN2O2.ClH/c1-20-14-6-12(16)2-3-13(14)15(19)18-5-4-10-7-17-8-11(10)9-18;/h2-3,6,10-11,17H,4-5,7-9H2,1H3;1H. The van der Waals surface area contributed by atoms with Crippen LogP contribution in [0, 0.1) is 11.8 Å². The Kier molecular flexibility index (Phi) is 5.36. The van der Waals surface area contributed by atoms with E-state index in [0.29, 0.717) is 22.3 Å². The number of fused-ring (bicyclic) bond motifs is 1. The number of methoxy groups -OCH3 is 1. The fourth-order valence-corrected chi connectivity index (χ4v) is 3.39. The van der Waals surface area contributed by atoms with E-state index in [4.69, 9.17) is 16.3 Å². The van der Waals surface area contributed by atoms with Crippen molar-refractivity contribution in [3.63, 3.8) is 0 Å². The van der Waals surface area contributed by atoms with Crippen molar-refractivity contribution in [3.05, 3.63) is 28.8 Å². The molecule has 1 aromatic carbocycles. The van der Waals surface area contributed by atoms with Crippen molar-refractivity contribution in [2.75, 3.05) is 33.3 Å². The summed E-state index contributed by atoms with van der Waals surface area (Å²) in [6, 6.07) is 5.18. The molecule has 0 spiro atoms. The van der Waals surface area contributed by atoms with Gasteiger partial charge in [-0.15, -0.1) is 12.4 Å². The first-order valence-corrected chi connectivity index (χ1v) is 7.40. The molecule has 1 amide bonds. The van der Waals surface area contributed by atoms with Gasteiger partial charge in [0.1, 0.15) is 5.75 Å². The molecule has 1 N–H and O–H groups in total. The Morgan fingerprint density at radius 1 is 1.38 bits per heavy atom. The summed E-state index contributed by atoms with van der Waals surface area (Å²) < 4.78 is 5.28. The molecule has 0 aliphatic carbocycles. The predicted octanol–water partition coefficient (Wildman–Crippen LogP) is 2.45. The van der Waals surface area contributed by atoms with Gasteiger partial charge in [0.05, 0.1) is 12.7 Å². The normalized spacial score (nSPS) is 24.2. The van der Waals surface area contributed by atoms with Crippen LogP contribution in [-0.2, 0) is 0 Å². The number of hydrogen-bond donors (Lipinski definition) is 1. The van der Waals surface area contributed by atoms with Crippen LogP contribution in [-0.4, -0.2) is 44.1 Å². The van der Waals surface area contributed by atoms with E-state index in [-0.39, 0.29) is 18.3 Å². The highest BCUT2D eigenvalue weighted by Crippen LogP contribution is 2.30. The van der Waals surface area contributed by atoms with Crippen LogP contribution in [0.3, 0.4) is 0 Å². The third-order valence-electron chi connectivity index (χ3n) is 4.39. The Morgan fingerprint density at radius 2 is 2.14 bits per heavy atom. The van der Waals surface area contributed by atoms with Crippen LogP contribution in [0.1, 0.15) is 16.8 Å². The second-order valence-electron chi connectivity index (χ2n) is 5.56. The molecule has 2 heterocycles. The zero-order chi connectivity index (χ0) is 14.1. The first-order chi connectivity index (χ1) is 9.69. The molecular weight excluding hydrogens is 311 g/mol. The third-order valence-corrected chi connectivity index (χ3v) is 4.62. The van der Waals surface area contributed by atoms with Crippen LogP contribution < -0.4 is 10.1 Å². The van der Waals surface area contributed by atoms with E-state index < -0.39 is 0 Å². The van der Waals surface area contributed by atoms with Gasteiger partial charge in [0.15, 0.2) is 0 Å². The Labute approximate surface area is 136 Å². The molecule has 2 saturated heterocycles. The van der Waals surface area contributed by atoms with Crippen LogP contribution in [0.25, 0.3) is 0 Å². The van der Waals surface area contributed by atoms with Crippen LogP contribution in [0.2, 0.25) is 5.02 Å². The minimum Gasteiger partial charge on any atom is -0.496 e. The van der Waals surface area contributed by atoms with E-state index in [1.54, 1.807) is 25.3 Å². The molecule has 1 aromatic rings. The highest BCUT2D eigenvalue weighted by atomic mass is 35.5. The number of carbonyl (C=O) groups is 1. The number of nitrogens with zero attached hydrogens (tertiary/aromatic N) is 1. The number of rotatable bonds is 2. The van der Waals surface area contributed by atoms with Gasteiger partial charge in [0, 0.05) is 18.1 Å². The van der Waals surface area contributed by atoms with Gasteiger partial charge in [0.2, 0.25) is 0 Å². The molecule has 2 aliphatic rings. The predicted molar refractivity (Wildman–Crippen MR) is 85.6 cm³/mol. The van der Waals surface area contributed by atoms with E-state index in [1.807, 2.05) is 4.90 Å². The smallest absolute Gasteiger partial charge is 0.257 e. The van der Waals surface area contributed by atoms with Gasteiger partial charge >= 0.3 is 0 Å². The van der Waals surface area contributed by atoms with Gasteiger partial charge in [-0.25, -0.2) is 0 Å². The number of halogens is 2. The topological polar surface area (TPSA) is 41.6 Å². The molecule has 0 saturated carbocycles. The number of piperidine rings is 1. The van der Waals surface area contributed by atoms with Crippen LogP contribution in [0.4, 0.5) is 0 Å². The van der Waals surface area contributed by atoms with Crippen molar-refractivity contribution in [2.45, 2.75) is 6.42 Å². The number of amides is 1. The number of carbonyl (C=O) groups excluding carboxylic acids is 1. The van der Waals surface area contributed by atoms with Gasteiger partial charge < -0.3 is 15.0 Å². The molecule has 0 radical (unpaired) electrons. The lowest BCUT2D eigenvalue weighted by Crippen LogP contribution is -2.43. The zero-order valence-electron chi connectivity index (χ0n) is 12.0. The summed E-state index contributed by atoms with van der Waals surface area (Å²) in [7, 11) is 1.57. The van der Waals surface area contributed by atoms with Crippen LogP contribution in [0.15, 0.2) is 18.2 Å². The second kappa shape index (κ2) is 6.86. The Hall–Kier alpha value is -0.970. The monoisotopic (exact) mass is 330 g/mol. The summed E-state index contributed by atoms with van der Waals surface area (Å²) in [4.78, 5) is 14.6. The molecule has 2 aliphatic heterocycles. The Morgan fingerprint density at radius 3 is 2.90 bits per heavy atom. The van der Waals surface area contributed by atoms with Gasteiger partial charge in [-0.3, -0.25) is 4.79 Å². The lowest BCUT2D eigenvalue weighted by Gasteiger charge is -2.34. The lowest BCUT2D eigenvalue weighted by molar-refractivity contribution is 0.0639. The van der Waals surface area contributed by atoms with E-state index in [0.717, 1.165) is 38.5 Å². The summed E-state index contributed by atoms with van der Waals surface area (Å²) >= 11 is 5.95. The maximum Gasteiger partial charge on any atom is 0.257 e. The largest absolute Gasteiger partial charge is 0.496 e. The van der Waals surface area contributed by atoms with E-state index >= 15 is 0 Å². The maximum atomic E-state index is 12.7. The van der Waals surface area contributed by atoms with Crippen molar-refractivity contribution in [3.8, 4) is 5.75 Å². The van der Waals surface area contributed by atoms with Gasteiger partial charge in [-0.1, -0.05) is 11.6 Å². The average Bonchev–Trinajstić information content (AvgIpc) is 2.93. The van der Waals surface area contributed by atoms with E-state index in [1.165, 1.54) is 0 Å². The molecule has 6 heteroatoms. The van der Waals surface area contributed by atoms with Gasteiger partial charge in [-0.2, -0.15) is 0 Å². The van der Waals surface area contributed by atoms with Gasteiger partial charge in [-0.05, 0) is 49.5 Å². The molecule has 4 nitrogen and oxygen atoms in total. The van der Waals surface area contributed by atoms with Crippen molar-refractivity contribution in [1.82, 2.24) is 10.2 Å². The SMILES string of the molecule is COc1cc(Cl)ccc1C(=O)N1CCC2CNCC2C1.Cl. The molecule has 21 heavy (non-hydrogen) atoms. The molecule has 2 fully saturated rings. The lowest BCUT2D eigenvalue weighted by atomic mass is 9.88. The number of ether oxygens (including phenoxy) is 1. The quantitative estimate of drug-likeness (QED) is 0.905. The van der Waals surface area contributed by atoms with Crippen molar-refractivity contribution < 1.29 is 9.53 Å². The molecule has 116 valence electrons. The van der Waals surface area contributed by atoms with Crippen LogP contribution in [0.5, 0.6) is 5.75 Å². The number of nitrogens with one attached hydrogen (secondary N) is 1. The zero-order valence-corrected chi connectivity index (χ0v) is 13.5. The first kappa shape index (κ1) is 16.4. The van der Waals surface area contributed by atoms with Gasteiger partial charge in [0.25, 0.3) is 5.91 Å². The second-order valence-corrected chi connectivity index (χ2v) is 6.00. The van der Waals surface area contributed by atoms with Crippen molar-refractivity contribution >= 4 is 29.9 Å². The minimum absolute atomic E-state index is 0. The number of benzene rings is 1. The summed E-state index contributed by atoms with van der Waals surface area (Å²) in [6.45, 7) is 3.78. The Balaban J connectivity index is 0.00000161. The summed E-state index contributed by atoms with van der Waals surface area (Å²) in [5, 5.41) is 3.99. The van der Waals surface area contributed by atoms with Crippen molar-refractivity contribution in [1.29, 1.82) is 0 Å². The molecule has 3 rings (SSSR count). The molecule has 0 aromatic heterocycles. The molecule has 2 atom stereocenters. The fraction of sp³-hybridized carbons (Fsp3) is 0.533. The summed E-state index contributed by atoms with van der Waals surface area (Å²) in [6.07, 6.45) is 1.08. The Bertz CT molecular complexity index is 524. The molecular formula is C15H20Cl2N2O2. The molecule has 0 bridgehead atoms. The number of likely N-dealkylation sites (tertiary alicyclic amines) is 1. The van der Waals surface area contributed by atoms with Crippen molar-refractivity contribution in [2.24, 2.45) is 11.8 Å². The highest BCUT2D eigenvalue weighted by molar-refractivity contribution is 6.30. The fourth-order valence-electron chi connectivity index (χ4n) is 3.23. The van der Waals surface area contributed by atoms with E-state index in [2.05, 4.69) is 5.32 Å². The highest BCUT2D eigenvalue weighted by Gasteiger charge is 2.35. The first-order valence-electron chi connectivity index (χ1n) is 7.02. The summed E-state index contributed by atoms with van der Waals surface area (Å²) in [5.74, 6) is 1.91.